The number of hydrogen-bond acceptors (Lipinski definition) is 6. The maximum atomic E-state index is 11.5. The third kappa shape index (κ3) is 3.82. The van der Waals surface area contributed by atoms with Gasteiger partial charge >= 0.3 is 0 Å². The maximum Gasteiger partial charge on any atom is 0.262 e. The summed E-state index contributed by atoms with van der Waals surface area (Å²) < 4.78 is 10.8. The Bertz CT molecular complexity index is 779. The van der Waals surface area contributed by atoms with E-state index in [9.17, 15) is 4.79 Å². The van der Waals surface area contributed by atoms with Crippen molar-refractivity contribution in [2.75, 3.05) is 11.9 Å². The number of hydrogen-bond donors (Lipinski definition) is 2. The molecule has 0 radical (unpaired) electrons. The van der Waals surface area contributed by atoms with Gasteiger partial charge in [-0.1, -0.05) is 32.0 Å². The number of carbonyl (C=O) groups is 1. The van der Waals surface area contributed by atoms with E-state index in [2.05, 4.69) is 20.8 Å². The fourth-order valence-corrected chi connectivity index (χ4v) is 2.63. The zero-order valence-corrected chi connectivity index (χ0v) is 15.2. The zero-order valence-electron chi connectivity index (χ0n) is 15.2. The monoisotopic (exact) mass is 344 g/mol. The van der Waals surface area contributed by atoms with Gasteiger partial charge in [-0.05, 0) is 31.5 Å². The van der Waals surface area contributed by atoms with Crippen LogP contribution < -0.4 is 15.4 Å². The second-order valence-electron chi connectivity index (χ2n) is 7.41. The van der Waals surface area contributed by atoms with Crippen molar-refractivity contribution in [3.63, 3.8) is 0 Å². The molecule has 7 nitrogen and oxygen atoms in total. The van der Waals surface area contributed by atoms with Crippen LogP contribution in [0.5, 0.6) is 5.75 Å². The Morgan fingerprint density at radius 2 is 2.00 bits per heavy atom. The molecular weight excluding hydrogens is 320 g/mol. The molecule has 2 N–H and O–H groups in total. The third-order valence-corrected chi connectivity index (χ3v) is 4.12. The highest BCUT2D eigenvalue weighted by atomic mass is 16.5. The van der Waals surface area contributed by atoms with Gasteiger partial charge in [0.25, 0.3) is 5.91 Å². The van der Waals surface area contributed by atoms with E-state index in [1.165, 1.54) is 0 Å². The van der Waals surface area contributed by atoms with Crippen LogP contribution in [0.15, 0.2) is 22.7 Å². The Labute approximate surface area is 147 Å². The lowest BCUT2D eigenvalue weighted by Crippen LogP contribution is -2.26. The molecule has 134 valence electrons. The summed E-state index contributed by atoms with van der Waals surface area (Å²) in [7, 11) is 0. The number of aromatic nitrogens is 2. The van der Waals surface area contributed by atoms with Crippen LogP contribution in [0.2, 0.25) is 0 Å². The van der Waals surface area contributed by atoms with Gasteiger partial charge in [0.2, 0.25) is 5.89 Å². The topological polar surface area (TPSA) is 89.3 Å². The van der Waals surface area contributed by atoms with E-state index in [0.717, 1.165) is 5.56 Å². The van der Waals surface area contributed by atoms with Crippen molar-refractivity contribution >= 4 is 11.6 Å². The van der Waals surface area contributed by atoms with Crippen LogP contribution in [0.3, 0.4) is 0 Å². The smallest absolute Gasteiger partial charge is 0.262 e. The average molecular weight is 344 g/mol. The van der Waals surface area contributed by atoms with E-state index in [1.807, 2.05) is 52.8 Å². The van der Waals surface area contributed by atoms with Gasteiger partial charge in [0, 0.05) is 11.5 Å². The summed E-state index contributed by atoms with van der Waals surface area (Å²) in [5, 5.41) is 10.3. The highest BCUT2D eigenvalue weighted by Crippen LogP contribution is 2.31. The molecule has 0 spiro atoms. The second kappa shape index (κ2) is 6.48. The molecule has 0 bridgehead atoms. The number of rotatable bonds is 4. The molecule has 7 heteroatoms. The second-order valence-corrected chi connectivity index (χ2v) is 7.41. The number of nitrogens with one attached hydrogen (secondary N) is 2. The van der Waals surface area contributed by atoms with Crippen LogP contribution in [0.4, 0.5) is 5.69 Å². The Morgan fingerprint density at radius 3 is 2.68 bits per heavy atom. The first-order valence-electron chi connectivity index (χ1n) is 8.41. The first-order chi connectivity index (χ1) is 11.7. The molecule has 2 aromatic rings. The molecule has 1 aromatic carbocycles. The summed E-state index contributed by atoms with van der Waals surface area (Å²) in [4.78, 5) is 16.0. The quantitative estimate of drug-likeness (QED) is 0.886. The highest BCUT2D eigenvalue weighted by molar-refractivity contribution is 5.95. The van der Waals surface area contributed by atoms with Gasteiger partial charge in [0.15, 0.2) is 12.4 Å². The van der Waals surface area contributed by atoms with E-state index in [0.29, 0.717) is 23.2 Å². The summed E-state index contributed by atoms with van der Waals surface area (Å²) in [6.45, 7) is 10.2. The van der Waals surface area contributed by atoms with E-state index in [4.69, 9.17) is 9.26 Å². The normalized spacial score (nSPS) is 16.6. The lowest BCUT2D eigenvalue weighted by molar-refractivity contribution is -0.118. The van der Waals surface area contributed by atoms with Crippen molar-refractivity contribution in [1.29, 1.82) is 0 Å². The number of anilines is 1. The molecule has 1 aliphatic heterocycles. The van der Waals surface area contributed by atoms with Crippen LogP contribution >= 0.6 is 0 Å². The van der Waals surface area contributed by atoms with Crippen molar-refractivity contribution in [3.8, 4) is 5.75 Å². The SMILES string of the molecule is C[C@H](N[C@H](C)c1nc(C(C)(C)C)no1)c1ccc2c(c1)NC(=O)CO2. The number of amides is 1. The minimum absolute atomic E-state index is 0.0316. The van der Waals surface area contributed by atoms with Crippen LogP contribution in [0.25, 0.3) is 0 Å². The molecule has 1 amide bonds. The number of ether oxygens (including phenoxy) is 1. The van der Waals surface area contributed by atoms with Crippen molar-refractivity contribution in [3.05, 3.63) is 35.5 Å². The van der Waals surface area contributed by atoms with Crippen LogP contribution in [-0.4, -0.2) is 22.7 Å². The van der Waals surface area contributed by atoms with Gasteiger partial charge in [-0.3, -0.25) is 10.1 Å². The maximum absolute atomic E-state index is 11.5. The van der Waals surface area contributed by atoms with Crippen molar-refractivity contribution in [2.45, 2.75) is 52.1 Å². The molecule has 1 aromatic heterocycles. The lowest BCUT2D eigenvalue weighted by atomic mass is 9.96. The van der Waals surface area contributed by atoms with Gasteiger partial charge in [-0.2, -0.15) is 4.98 Å². The fraction of sp³-hybridized carbons (Fsp3) is 0.500. The van der Waals surface area contributed by atoms with E-state index in [-0.39, 0.29) is 30.0 Å². The predicted octanol–water partition coefficient (Wildman–Crippen LogP) is 3.11. The number of benzene rings is 1. The summed E-state index contributed by atoms with van der Waals surface area (Å²) >= 11 is 0. The van der Waals surface area contributed by atoms with Crippen LogP contribution in [0, 0.1) is 0 Å². The molecule has 0 unspecified atom stereocenters. The predicted molar refractivity (Wildman–Crippen MR) is 93.5 cm³/mol. The minimum Gasteiger partial charge on any atom is -0.482 e. The fourth-order valence-electron chi connectivity index (χ4n) is 2.63. The molecular formula is C18H24N4O3. The minimum atomic E-state index is -0.149. The lowest BCUT2D eigenvalue weighted by Gasteiger charge is -2.22. The van der Waals surface area contributed by atoms with Gasteiger partial charge in [-0.15, -0.1) is 0 Å². The molecule has 0 saturated heterocycles. The number of carbonyl (C=O) groups excluding carboxylic acids is 1. The third-order valence-electron chi connectivity index (χ3n) is 4.12. The summed E-state index contributed by atoms with van der Waals surface area (Å²) in [5.41, 5.74) is 1.58. The molecule has 0 aliphatic carbocycles. The zero-order chi connectivity index (χ0) is 18.2. The Morgan fingerprint density at radius 1 is 1.24 bits per heavy atom. The Hall–Kier alpha value is -2.41. The first kappa shape index (κ1) is 17.4. The molecule has 3 rings (SSSR count). The van der Waals surface area contributed by atoms with Crippen molar-refractivity contribution in [2.24, 2.45) is 0 Å². The summed E-state index contributed by atoms with van der Waals surface area (Å²) in [6, 6.07) is 5.71. The van der Waals surface area contributed by atoms with Crippen molar-refractivity contribution in [1.82, 2.24) is 15.5 Å². The van der Waals surface area contributed by atoms with Crippen molar-refractivity contribution < 1.29 is 14.1 Å². The van der Waals surface area contributed by atoms with Crippen LogP contribution in [-0.2, 0) is 10.2 Å². The van der Waals surface area contributed by atoms with Gasteiger partial charge in [0.05, 0.1) is 11.7 Å². The molecule has 2 atom stereocenters. The highest BCUT2D eigenvalue weighted by Gasteiger charge is 2.24. The Kier molecular flexibility index (Phi) is 4.51. The summed E-state index contributed by atoms with van der Waals surface area (Å²) in [6.07, 6.45) is 0. The van der Waals surface area contributed by atoms with Gasteiger partial charge < -0.3 is 14.6 Å². The molecule has 0 fully saturated rings. The van der Waals surface area contributed by atoms with E-state index >= 15 is 0 Å². The van der Waals surface area contributed by atoms with E-state index in [1.54, 1.807) is 0 Å². The first-order valence-corrected chi connectivity index (χ1v) is 8.41. The van der Waals surface area contributed by atoms with Gasteiger partial charge in [-0.25, -0.2) is 0 Å². The average Bonchev–Trinajstić information content (AvgIpc) is 3.04. The molecule has 1 aliphatic rings. The molecule has 25 heavy (non-hydrogen) atoms. The Balaban J connectivity index is 1.71. The number of fused-ring (bicyclic) bond motifs is 1. The van der Waals surface area contributed by atoms with E-state index < -0.39 is 0 Å². The molecule has 2 heterocycles. The molecule has 0 saturated carbocycles. The van der Waals surface area contributed by atoms with Crippen LogP contribution in [0.1, 0.15) is 64.0 Å². The summed E-state index contributed by atoms with van der Waals surface area (Å²) in [5.74, 6) is 1.80. The standard InChI is InChI=1S/C18H24N4O3/c1-10(12-6-7-14-13(8-12)20-15(23)9-24-14)19-11(2)16-21-17(22-25-16)18(3,4)5/h6-8,10-11,19H,9H2,1-5H3,(H,20,23)/t10-,11+/m0/s1. The largest absolute Gasteiger partial charge is 0.482 e. The number of nitrogens with zero attached hydrogens (tertiary/aromatic N) is 2. The van der Waals surface area contributed by atoms with Gasteiger partial charge in [0.1, 0.15) is 5.75 Å².